The van der Waals surface area contributed by atoms with Crippen LogP contribution in [0.5, 0.6) is 0 Å². The standard InChI is InChI=1S/C22H17FN6OS/c1-13-5-7-14(8-6-13)9-29-17(28-16-4-2-3-15(23)18(16)22(29)30)10-31-21-19-20(25-11-24-19)26-12-27-21/h2-8,11-12H,9-10H2,1H3,(H,24,25,26,27). The molecular weight excluding hydrogens is 415 g/mol. The molecule has 0 unspecified atom stereocenters. The molecule has 0 aliphatic heterocycles. The second-order valence-electron chi connectivity index (χ2n) is 7.11. The summed E-state index contributed by atoms with van der Waals surface area (Å²) in [7, 11) is 0. The Morgan fingerprint density at radius 2 is 1.94 bits per heavy atom. The molecule has 0 saturated carbocycles. The normalized spacial score (nSPS) is 11.4. The lowest BCUT2D eigenvalue weighted by Gasteiger charge is -2.14. The molecule has 0 aliphatic carbocycles. The molecule has 0 saturated heterocycles. The van der Waals surface area contributed by atoms with Gasteiger partial charge in [0.2, 0.25) is 0 Å². The van der Waals surface area contributed by atoms with Crippen molar-refractivity contribution in [3.63, 3.8) is 0 Å². The highest BCUT2D eigenvalue weighted by Crippen LogP contribution is 2.25. The SMILES string of the molecule is Cc1ccc(Cn2c(CSc3ncnc4nc[nH]c34)nc3cccc(F)c3c2=O)cc1. The van der Waals surface area contributed by atoms with E-state index in [-0.39, 0.29) is 5.39 Å². The van der Waals surface area contributed by atoms with E-state index in [2.05, 4.69) is 24.9 Å². The Kier molecular flexibility index (Phi) is 4.95. The number of aromatic amines is 1. The van der Waals surface area contributed by atoms with Crippen molar-refractivity contribution in [3.05, 3.63) is 88.2 Å². The molecule has 7 nitrogen and oxygen atoms in total. The number of fused-ring (bicyclic) bond motifs is 2. The summed E-state index contributed by atoms with van der Waals surface area (Å²) in [5, 5.41) is 0.708. The van der Waals surface area contributed by atoms with Crippen molar-refractivity contribution < 1.29 is 4.39 Å². The highest BCUT2D eigenvalue weighted by molar-refractivity contribution is 7.98. The fourth-order valence-corrected chi connectivity index (χ4v) is 4.31. The largest absolute Gasteiger partial charge is 0.341 e. The average molecular weight is 432 g/mol. The van der Waals surface area contributed by atoms with E-state index in [1.807, 2.05) is 31.2 Å². The van der Waals surface area contributed by atoms with Crippen molar-refractivity contribution in [2.45, 2.75) is 24.2 Å². The second kappa shape index (κ2) is 7.92. The summed E-state index contributed by atoms with van der Waals surface area (Å²) >= 11 is 1.42. The quantitative estimate of drug-likeness (QED) is 0.335. The van der Waals surface area contributed by atoms with E-state index in [0.29, 0.717) is 34.3 Å². The van der Waals surface area contributed by atoms with Gasteiger partial charge in [-0.05, 0) is 24.6 Å². The number of aromatic nitrogens is 6. The van der Waals surface area contributed by atoms with Gasteiger partial charge in [-0.1, -0.05) is 47.7 Å². The zero-order chi connectivity index (χ0) is 21.4. The number of rotatable bonds is 5. The van der Waals surface area contributed by atoms with Gasteiger partial charge in [0.15, 0.2) is 5.65 Å². The smallest absolute Gasteiger partial charge is 0.264 e. The summed E-state index contributed by atoms with van der Waals surface area (Å²) in [6, 6.07) is 12.4. The van der Waals surface area contributed by atoms with Crippen molar-refractivity contribution in [2.75, 3.05) is 0 Å². The lowest BCUT2D eigenvalue weighted by molar-refractivity contribution is 0.631. The summed E-state index contributed by atoms with van der Waals surface area (Å²) in [6.45, 7) is 2.30. The molecule has 3 aromatic heterocycles. The van der Waals surface area contributed by atoms with Crippen LogP contribution in [0.4, 0.5) is 4.39 Å². The summed E-state index contributed by atoms with van der Waals surface area (Å²) in [5.41, 5.74) is 3.31. The van der Waals surface area contributed by atoms with Crippen molar-refractivity contribution in [1.82, 2.24) is 29.5 Å². The van der Waals surface area contributed by atoms with Crippen molar-refractivity contribution >= 4 is 33.8 Å². The fourth-order valence-electron chi connectivity index (χ4n) is 3.40. The minimum absolute atomic E-state index is 0.00126. The highest BCUT2D eigenvalue weighted by atomic mass is 32.2. The van der Waals surface area contributed by atoms with Gasteiger partial charge in [-0.25, -0.2) is 24.3 Å². The maximum absolute atomic E-state index is 14.5. The van der Waals surface area contributed by atoms with Gasteiger partial charge in [0.1, 0.15) is 33.9 Å². The number of thioether (sulfide) groups is 1. The minimum atomic E-state index is -0.568. The van der Waals surface area contributed by atoms with E-state index in [4.69, 9.17) is 0 Å². The fraction of sp³-hybridized carbons (Fsp3) is 0.136. The molecule has 9 heteroatoms. The Hall–Kier alpha value is -3.59. The lowest BCUT2D eigenvalue weighted by atomic mass is 10.1. The van der Waals surface area contributed by atoms with Crippen molar-refractivity contribution in [1.29, 1.82) is 0 Å². The molecule has 0 amide bonds. The number of halogens is 1. The zero-order valence-corrected chi connectivity index (χ0v) is 17.4. The van der Waals surface area contributed by atoms with E-state index >= 15 is 0 Å². The first-order valence-electron chi connectivity index (χ1n) is 9.60. The number of nitrogens with zero attached hydrogens (tertiary/aromatic N) is 5. The van der Waals surface area contributed by atoms with Crippen LogP contribution in [0.25, 0.3) is 22.1 Å². The first-order chi connectivity index (χ1) is 15.1. The van der Waals surface area contributed by atoms with Crippen LogP contribution in [0.1, 0.15) is 17.0 Å². The number of hydrogen-bond donors (Lipinski definition) is 1. The van der Waals surface area contributed by atoms with Gasteiger partial charge in [-0.15, -0.1) is 0 Å². The van der Waals surface area contributed by atoms with Crippen LogP contribution in [0, 0.1) is 12.7 Å². The van der Waals surface area contributed by atoms with Crippen molar-refractivity contribution in [2.24, 2.45) is 0 Å². The third-order valence-electron chi connectivity index (χ3n) is 5.00. The predicted octanol–water partition coefficient (Wildman–Crippen LogP) is 3.85. The van der Waals surface area contributed by atoms with Gasteiger partial charge in [0.05, 0.1) is 24.1 Å². The molecule has 0 radical (unpaired) electrons. The first kappa shape index (κ1) is 19.4. The van der Waals surface area contributed by atoms with E-state index < -0.39 is 11.4 Å². The average Bonchev–Trinajstić information content (AvgIpc) is 3.25. The number of aryl methyl sites for hydroxylation is 1. The number of nitrogens with one attached hydrogen (secondary N) is 1. The molecule has 0 spiro atoms. The predicted molar refractivity (Wildman–Crippen MR) is 117 cm³/mol. The zero-order valence-electron chi connectivity index (χ0n) is 16.5. The molecule has 1 N–H and O–H groups in total. The number of H-pyrrole nitrogens is 1. The first-order valence-corrected chi connectivity index (χ1v) is 10.6. The topological polar surface area (TPSA) is 89.3 Å². The van der Waals surface area contributed by atoms with E-state index in [9.17, 15) is 9.18 Å². The van der Waals surface area contributed by atoms with Gasteiger partial charge in [0, 0.05) is 0 Å². The number of benzene rings is 2. The highest BCUT2D eigenvalue weighted by Gasteiger charge is 2.16. The summed E-state index contributed by atoms with van der Waals surface area (Å²) in [4.78, 5) is 33.5. The molecule has 0 atom stereocenters. The molecule has 5 rings (SSSR count). The van der Waals surface area contributed by atoms with Gasteiger partial charge < -0.3 is 4.98 Å². The van der Waals surface area contributed by atoms with Crippen LogP contribution < -0.4 is 5.56 Å². The third-order valence-corrected chi connectivity index (χ3v) is 5.98. The second-order valence-corrected chi connectivity index (χ2v) is 8.07. The van der Waals surface area contributed by atoms with Gasteiger partial charge in [0.25, 0.3) is 5.56 Å². The van der Waals surface area contributed by atoms with E-state index in [0.717, 1.165) is 16.6 Å². The molecule has 3 heterocycles. The summed E-state index contributed by atoms with van der Waals surface area (Å²) in [6.07, 6.45) is 3.02. The molecule has 154 valence electrons. The maximum atomic E-state index is 14.5. The Balaban J connectivity index is 1.59. The number of hydrogen-bond acceptors (Lipinski definition) is 6. The van der Waals surface area contributed by atoms with Gasteiger partial charge >= 0.3 is 0 Å². The van der Waals surface area contributed by atoms with Crippen LogP contribution in [-0.2, 0) is 12.3 Å². The van der Waals surface area contributed by atoms with Crippen LogP contribution in [0.2, 0.25) is 0 Å². The molecule has 0 fully saturated rings. The molecule has 2 aromatic carbocycles. The minimum Gasteiger partial charge on any atom is -0.341 e. The summed E-state index contributed by atoms with van der Waals surface area (Å²) in [5.74, 6) is 0.348. The van der Waals surface area contributed by atoms with E-state index in [1.54, 1.807) is 18.5 Å². The maximum Gasteiger partial charge on any atom is 0.264 e. The molecule has 0 aliphatic rings. The number of imidazole rings is 1. The Morgan fingerprint density at radius 1 is 1.10 bits per heavy atom. The molecular formula is C22H17FN6OS. The van der Waals surface area contributed by atoms with Crippen LogP contribution in [0.15, 0.2) is 64.9 Å². The van der Waals surface area contributed by atoms with Crippen LogP contribution in [0.3, 0.4) is 0 Å². The van der Waals surface area contributed by atoms with Crippen molar-refractivity contribution in [3.8, 4) is 0 Å². The van der Waals surface area contributed by atoms with Gasteiger partial charge in [-0.2, -0.15) is 0 Å². The Labute approximate surface area is 180 Å². The van der Waals surface area contributed by atoms with E-state index in [1.165, 1.54) is 28.7 Å². The molecule has 31 heavy (non-hydrogen) atoms. The molecule has 5 aromatic rings. The van der Waals surface area contributed by atoms with Gasteiger partial charge in [-0.3, -0.25) is 9.36 Å². The Bertz CT molecular complexity index is 1460. The van der Waals surface area contributed by atoms with Crippen LogP contribution in [-0.4, -0.2) is 29.5 Å². The third kappa shape index (κ3) is 3.68. The summed E-state index contributed by atoms with van der Waals surface area (Å²) < 4.78 is 16.0. The molecule has 0 bridgehead atoms. The Morgan fingerprint density at radius 3 is 2.77 bits per heavy atom. The lowest BCUT2D eigenvalue weighted by Crippen LogP contribution is -2.26. The monoisotopic (exact) mass is 432 g/mol. The van der Waals surface area contributed by atoms with Crippen LogP contribution >= 0.6 is 11.8 Å².